The summed E-state index contributed by atoms with van der Waals surface area (Å²) in [6.07, 6.45) is 8.27. The highest BCUT2D eigenvalue weighted by Crippen LogP contribution is 2.42. The van der Waals surface area contributed by atoms with Gasteiger partial charge in [-0.3, -0.25) is 14.6 Å². The van der Waals surface area contributed by atoms with Gasteiger partial charge in [0.25, 0.3) is 11.7 Å². The van der Waals surface area contributed by atoms with Crippen LogP contribution in [0.1, 0.15) is 56.2 Å². The number of aliphatic hydroxyl groups is 1. The molecule has 0 spiro atoms. The fourth-order valence-corrected chi connectivity index (χ4v) is 4.48. The minimum Gasteiger partial charge on any atom is -0.507 e. The molecule has 4 rings (SSSR count). The monoisotopic (exact) mass is 406 g/mol. The summed E-state index contributed by atoms with van der Waals surface area (Å²) in [6.45, 7) is 2.44. The average molecular weight is 406 g/mol. The molecule has 6 nitrogen and oxygen atoms in total. The molecule has 1 amide bonds. The smallest absolute Gasteiger partial charge is 0.295 e. The number of ether oxygens (including phenoxy) is 1. The summed E-state index contributed by atoms with van der Waals surface area (Å²) in [5.41, 5.74) is 1.34. The van der Waals surface area contributed by atoms with E-state index in [1.165, 1.54) is 0 Å². The first-order valence-electron chi connectivity index (χ1n) is 10.5. The van der Waals surface area contributed by atoms with Gasteiger partial charge in [0.1, 0.15) is 11.5 Å². The van der Waals surface area contributed by atoms with Crippen LogP contribution in [-0.2, 0) is 9.59 Å². The molecule has 1 N–H and O–H groups in total. The first kappa shape index (κ1) is 20.1. The number of nitrogens with zero attached hydrogens (tertiary/aromatic N) is 2. The van der Waals surface area contributed by atoms with Crippen molar-refractivity contribution in [3.8, 4) is 5.75 Å². The van der Waals surface area contributed by atoms with Crippen LogP contribution in [0.3, 0.4) is 0 Å². The molecular formula is C24H26N2O4. The number of likely N-dealkylation sites (tertiary alicyclic amines) is 1. The number of Topliss-reactive ketones (excluding diaryl/α,β-unsaturated/α-hetero) is 1. The fourth-order valence-electron chi connectivity index (χ4n) is 4.48. The van der Waals surface area contributed by atoms with Gasteiger partial charge in [0.05, 0.1) is 18.2 Å². The van der Waals surface area contributed by atoms with E-state index in [-0.39, 0.29) is 17.4 Å². The van der Waals surface area contributed by atoms with Crippen LogP contribution in [0, 0.1) is 0 Å². The predicted molar refractivity (Wildman–Crippen MR) is 113 cm³/mol. The van der Waals surface area contributed by atoms with E-state index in [4.69, 9.17) is 4.74 Å². The molecule has 1 saturated carbocycles. The summed E-state index contributed by atoms with van der Waals surface area (Å²) in [5.74, 6) is -0.659. The molecule has 0 bridgehead atoms. The number of amides is 1. The van der Waals surface area contributed by atoms with Crippen molar-refractivity contribution in [3.63, 3.8) is 0 Å². The number of hydrogen-bond donors (Lipinski definition) is 1. The Kier molecular flexibility index (Phi) is 5.84. The lowest BCUT2D eigenvalue weighted by atomic mass is 9.91. The van der Waals surface area contributed by atoms with Gasteiger partial charge in [0.2, 0.25) is 0 Å². The normalized spacial score (nSPS) is 21.8. The van der Waals surface area contributed by atoms with Gasteiger partial charge in [-0.05, 0) is 55.7 Å². The standard InChI is InChI=1S/C24H26N2O4/c1-2-30-19-12-10-16(11-13-19)22(27)20-21(17-7-6-14-25-15-17)26(24(29)23(20)28)18-8-4-3-5-9-18/h6-7,10-15,18,21,27H,2-5,8-9H2,1H3/b22-20-. The van der Waals surface area contributed by atoms with Crippen LogP contribution in [-0.4, -0.2) is 39.3 Å². The molecule has 30 heavy (non-hydrogen) atoms. The van der Waals surface area contributed by atoms with Crippen LogP contribution in [0.4, 0.5) is 0 Å². The summed E-state index contributed by atoms with van der Waals surface area (Å²) < 4.78 is 5.46. The third-order valence-electron chi connectivity index (χ3n) is 5.89. The van der Waals surface area contributed by atoms with E-state index in [0.717, 1.165) is 37.7 Å². The number of hydrogen-bond acceptors (Lipinski definition) is 5. The maximum absolute atomic E-state index is 13.1. The summed E-state index contributed by atoms with van der Waals surface area (Å²) >= 11 is 0. The molecule has 2 fully saturated rings. The lowest BCUT2D eigenvalue weighted by Gasteiger charge is -2.35. The van der Waals surface area contributed by atoms with E-state index in [1.54, 1.807) is 47.6 Å². The van der Waals surface area contributed by atoms with Crippen LogP contribution in [0.2, 0.25) is 0 Å². The fraction of sp³-hybridized carbons (Fsp3) is 0.375. The predicted octanol–water partition coefficient (Wildman–Crippen LogP) is 4.23. The second-order valence-corrected chi connectivity index (χ2v) is 7.74. The molecule has 2 heterocycles. The summed E-state index contributed by atoms with van der Waals surface area (Å²) in [4.78, 5) is 32.0. The molecule has 1 aliphatic carbocycles. The molecule has 1 unspecified atom stereocenters. The molecule has 6 heteroatoms. The summed E-state index contributed by atoms with van der Waals surface area (Å²) in [7, 11) is 0. The summed E-state index contributed by atoms with van der Waals surface area (Å²) in [5, 5.41) is 11.1. The van der Waals surface area contributed by atoms with E-state index in [0.29, 0.717) is 17.9 Å². The third kappa shape index (κ3) is 3.70. The Balaban J connectivity index is 1.80. The molecule has 1 aromatic heterocycles. The Hall–Kier alpha value is -3.15. The maximum atomic E-state index is 13.1. The molecular weight excluding hydrogens is 380 g/mol. The van der Waals surface area contributed by atoms with Crippen molar-refractivity contribution in [2.75, 3.05) is 6.61 Å². The minimum atomic E-state index is -0.638. The topological polar surface area (TPSA) is 79.7 Å². The van der Waals surface area contributed by atoms with Gasteiger partial charge in [0.15, 0.2) is 0 Å². The number of aromatic nitrogens is 1. The number of ketones is 1. The van der Waals surface area contributed by atoms with Gasteiger partial charge in [0, 0.05) is 24.0 Å². The highest BCUT2D eigenvalue weighted by Gasteiger charge is 2.48. The van der Waals surface area contributed by atoms with Gasteiger partial charge >= 0.3 is 0 Å². The number of carbonyl (C=O) groups is 2. The first-order chi connectivity index (χ1) is 14.6. The Morgan fingerprint density at radius 2 is 1.87 bits per heavy atom. The van der Waals surface area contributed by atoms with Gasteiger partial charge in [-0.1, -0.05) is 25.3 Å². The van der Waals surface area contributed by atoms with E-state index in [9.17, 15) is 14.7 Å². The highest BCUT2D eigenvalue weighted by molar-refractivity contribution is 6.46. The SMILES string of the molecule is CCOc1ccc(/C(O)=C2/C(=O)C(=O)N(C3CCCCC3)C2c2cccnc2)cc1. The van der Waals surface area contributed by atoms with Crippen molar-refractivity contribution in [2.24, 2.45) is 0 Å². The van der Waals surface area contributed by atoms with Crippen molar-refractivity contribution >= 4 is 17.4 Å². The molecule has 1 aromatic carbocycles. The zero-order valence-electron chi connectivity index (χ0n) is 17.1. The maximum Gasteiger partial charge on any atom is 0.295 e. The van der Waals surface area contributed by atoms with Crippen LogP contribution in [0.15, 0.2) is 54.4 Å². The van der Waals surface area contributed by atoms with Crippen molar-refractivity contribution in [1.29, 1.82) is 0 Å². The molecule has 1 saturated heterocycles. The van der Waals surface area contributed by atoms with Gasteiger partial charge < -0.3 is 14.7 Å². The van der Waals surface area contributed by atoms with Crippen LogP contribution >= 0.6 is 0 Å². The van der Waals surface area contributed by atoms with E-state index >= 15 is 0 Å². The summed E-state index contributed by atoms with van der Waals surface area (Å²) in [6, 6.07) is 9.89. The van der Waals surface area contributed by atoms with E-state index in [2.05, 4.69) is 4.98 Å². The largest absolute Gasteiger partial charge is 0.507 e. The average Bonchev–Trinajstić information content (AvgIpc) is 3.06. The van der Waals surface area contributed by atoms with E-state index in [1.807, 2.05) is 13.0 Å². The second-order valence-electron chi connectivity index (χ2n) is 7.74. The number of carbonyl (C=O) groups excluding carboxylic acids is 2. The van der Waals surface area contributed by atoms with Crippen molar-refractivity contribution in [3.05, 3.63) is 65.5 Å². The number of benzene rings is 1. The molecule has 1 aliphatic heterocycles. The quantitative estimate of drug-likeness (QED) is 0.457. The molecule has 2 aromatic rings. The Morgan fingerprint density at radius 3 is 2.50 bits per heavy atom. The Labute approximate surface area is 176 Å². The number of pyridine rings is 1. The van der Waals surface area contributed by atoms with Gasteiger partial charge in [-0.2, -0.15) is 0 Å². The van der Waals surface area contributed by atoms with Gasteiger partial charge in [-0.15, -0.1) is 0 Å². The molecule has 2 aliphatic rings. The van der Waals surface area contributed by atoms with E-state index < -0.39 is 17.7 Å². The van der Waals surface area contributed by atoms with Crippen molar-refractivity contribution in [2.45, 2.75) is 51.1 Å². The van der Waals surface area contributed by atoms with Crippen molar-refractivity contribution < 1.29 is 19.4 Å². The number of aliphatic hydroxyl groups excluding tert-OH is 1. The Bertz CT molecular complexity index is 947. The van der Waals surface area contributed by atoms with Crippen LogP contribution in [0.25, 0.3) is 5.76 Å². The molecule has 0 radical (unpaired) electrons. The lowest BCUT2D eigenvalue weighted by molar-refractivity contribution is -0.141. The van der Waals surface area contributed by atoms with Gasteiger partial charge in [-0.25, -0.2) is 0 Å². The Morgan fingerprint density at radius 1 is 1.13 bits per heavy atom. The number of rotatable bonds is 5. The minimum absolute atomic E-state index is 0.00830. The first-order valence-corrected chi connectivity index (χ1v) is 10.5. The highest BCUT2D eigenvalue weighted by atomic mass is 16.5. The van der Waals surface area contributed by atoms with Crippen molar-refractivity contribution in [1.82, 2.24) is 9.88 Å². The third-order valence-corrected chi connectivity index (χ3v) is 5.89. The zero-order valence-corrected chi connectivity index (χ0v) is 17.1. The second kappa shape index (κ2) is 8.69. The zero-order chi connectivity index (χ0) is 21.1. The molecule has 1 atom stereocenters. The lowest BCUT2D eigenvalue weighted by Crippen LogP contribution is -2.40. The molecule has 156 valence electrons. The van der Waals surface area contributed by atoms with Crippen LogP contribution < -0.4 is 4.74 Å². The van der Waals surface area contributed by atoms with Crippen LogP contribution in [0.5, 0.6) is 5.75 Å².